The molecule has 0 bridgehead atoms. The normalized spacial score (nSPS) is 19.3. The number of fused-ring (bicyclic) bond motifs is 1. The second-order valence-electron chi connectivity index (χ2n) is 3.29. The third-order valence-corrected chi connectivity index (χ3v) is 2.57. The van der Waals surface area contributed by atoms with E-state index in [-0.39, 0.29) is 0 Å². The van der Waals surface area contributed by atoms with Crippen LogP contribution >= 0.6 is 0 Å². The Balaban J connectivity index is 2.52. The van der Waals surface area contributed by atoms with Gasteiger partial charge >= 0.3 is 0 Å². The van der Waals surface area contributed by atoms with Gasteiger partial charge in [-0.15, -0.1) is 0 Å². The summed E-state index contributed by atoms with van der Waals surface area (Å²) in [6, 6.07) is 5.64. The molecule has 0 fully saturated rings. The minimum absolute atomic E-state index is 0.399. The van der Waals surface area contributed by atoms with E-state index < -0.39 is 0 Å². The number of ether oxygens (including phenoxy) is 1. The van der Waals surface area contributed by atoms with Crippen molar-refractivity contribution >= 4 is 6.29 Å². The van der Waals surface area contributed by atoms with Crippen molar-refractivity contribution in [1.82, 2.24) is 0 Å². The highest BCUT2D eigenvalue weighted by molar-refractivity contribution is 5.79. The fraction of sp³-hybridized carbons (Fsp3) is 0.364. The van der Waals surface area contributed by atoms with Gasteiger partial charge in [-0.05, 0) is 12.5 Å². The monoisotopic (exact) mass is 176 g/mol. The summed E-state index contributed by atoms with van der Waals surface area (Å²) in [7, 11) is 0. The van der Waals surface area contributed by atoms with Crippen LogP contribution in [0.25, 0.3) is 0 Å². The number of carbonyl (C=O) groups excluding carboxylic acids is 1. The lowest BCUT2D eigenvalue weighted by Gasteiger charge is -2.06. The van der Waals surface area contributed by atoms with E-state index in [2.05, 4.69) is 6.92 Å². The van der Waals surface area contributed by atoms with Gasteiger partial charge in [-0.1, -0.05) is 19.1 Å². The van der Waals surface area contributed by atoms with Gasteiger partial charge in [0, 0.05) is 17.0 Å². The van der Waals surface area contributed by atoms with E-state index in [0.29, 0.717) is 5.92 Å². The van der Waals surface area contributed by atoms with Crippen LogP contribution < -0.4 is 4.74 Å². The highest BCUT2D eigenvalue weighted by Crippen LogP contribution is 2.37. The van der Waals surface area contributed by atoms with Crippen molar-refractivity contribution in [3.05, 3.63) is 29.3 Å². The SMILES string of the molecule is CCC1COc2cccc(C=O)c21. The molecule has 0 radical (unpaired) electrons. The van der Waals surface area contributed by atoms with Crippen molar-refractivity contribution in [2.45, 2.75) is 19.3 Å². The molecule has 2 heteroatoms. The summed E-state index contributed by atoms with van der Waals surface area (Å²) >= 11 is 0. The Morgan fingerprint density at radius 1 is 1.62 bits per heavy atom. The van der Waals surface area contributed by atoms with Gasteiger partial charge in [0.2, 0.25) is 0 Å². The third kappa shape index (κ3) is 1.22. The standard InChI is InChI=1S/C11H12O2/c1-2-8-7-13-10-5-3-4-9(6-12)11(8)10/h3-6,8H,2,7H2,1H3. The highest BCUT2D eigenvalue weighted by atomic mass is 16.5. The second kappa shape index (κ2) is 3.21. The first kappa shape index (κ1) is 8.30. The first-order valence-electron chi connectivity index (χ1n) is 4.57. The minimum atomic E-state index is 0.399. The van der Waals surface area contributed by atoms with Gasteiger partial charge in [0.1, 0.15) is 12.0 Å². The maximum absolute atomic E-state index is 10.8. The molecule has 1 aromatic rings. The topological polar surface area (TPSA) is 26.3 Å². The molecule has 2 nitrogen and oxygen atoms in total. The van der Waals surface area contributed by atoms with E-state index >= 15 is 0 Å². The molecule has 1 aromatic carbocycles. The molecule has 0 spiro atoms. The Labute approximate surface area is 77.5 Å². The molecule has 1 aliphatic heterocycles. The van der Waals surface area contributed by atoms with Gasteiger partial charge in [0.25, 0.3) is 0 Å². The molecule has 0 amide bonds. The Hall–Kier alpha value is -1.31. The summed E-state index contributed by atoms with van der Waals surface area (Å²) in [5, 5.41) is 0. The van der Waals surface area contributed by atoms with E-state index in [1.54, 1.807) is 0 Å². The van der Waals surface area contributed by atoms with Crippen molar-refractivity contribution < 1.29 is 9.53 Å². The fourth-order valence-electron chi connectivity index (χ4n) is 1.82. The van der Waals surface area contributed by atoms with E-state index in [0.717, 1.165) is 36.2 Å². The summed E-state index contributed by atoms with van der Waals surface area (Å²) in [6.07, 6.45) is 1.94. The van der Waals surface area contributed by atoms with Crippen molar-refractivity contribution in [3.63, 3.8) is 0 Å². The van der Waals surface area contributed by atoms with Gasteiger partial charge in [-0.2, -0.15) is 0 Å². The summed E-state index contributed by atoms with van der Waals surface area (Å²) in [5.41, 5.74) is 1.88. The molecule has 0 saturated carbocycles. The van der Waals surface area contributed by atoms with Crippen LogP contribution in [0.3, 0.4) is 0 Å². The first-order chi connectivity index (χ1) is 6.36. The Bertz CT molecular complexity index is 331. The smallest absolute Gasteiger partial charge is 0.150 e. The van der Waals surface area contributed by atoms with E-state index in [4.69, 9.17) is 4.74 Å². The zero-order valence-corrected chi connectivity index (χ0v) is 7.62. The maximum atomic E-state index is 10.8. The summed E-state index contributed by atoms with van der Waals surface area (Å²) in [5.74, 6) is 1.29. The Morgan fingerprint density at radius 3 is 3.15 bits per heavy atom. The molecule has 1 unspecified atom stereocenters. The molecule has 0 aliphatic carbocycles. The van der Waals surface area contributed by atoms with Gasteiger partial charge < -0.3 is 4.74 Å². The van der Waals surface area contributed by atoms with Crippen LogP contribution in [0.2, 0.25) is 0 Å². The number of benzene rings is 1. The fourth-order valence-corrected chi connectivity index (χ4v) is 1.82. The van der Waals surface area contributed by atoms with Crippen LogP contribution in [0.15, 0.2) is 18.2 Å². The molecule has 2 rings (SSSR count). The van der Waals surface area contributed by atoms with Crippen molar-refractivity contribution in [2.24, 2.45) is 0 Å². The molecule has 13 heavy (non-hydrogen) atoms. The second-order valence-corrected chi connectivity index (χ2v) is 3.29. The predicted molar refractivity (Wildman–Crippen MR) is 50.4 cm³/mol. The predicted octanol–water partition coefficient (Wildman–Crippen LogP) is 2.39. The molecule has 1 heterocycles. The number of aldehydes is 1. The van der Waals surface area contributed by atoms with Crippen LogP contribution in [-0.2, 0) is 0 Å². The summed E-state index contributed by atoms with van der Waals surface area (Å²) in [4.78, 5) is 10.8. The largest absolute Gasteiger partial charge is 0.493 e. The van der Waals surface area contributed by atoms with Crippen molar-refractivity contribution in [2.75, 3.05) is 6.61 Å². The summed E-state index contributed by atoms with van der Waals surface area (Å²) < 4.78 is 5.49. The average Bonchev–Trinajstić information content (AvgIpc) is 2.60. The van der Waals surface area contributed by atoms with Crippen LogP contribution in [0, 0.1) is 0 Å². The molecule has 1 atom stereocenters. The molecule has 0 saturated heterocycles. The minimum Gasteiger partial charge on any atom is -0.493 e. The Kier molecular flexibility index (Phi) is 2.05. The lowest BCUT2D eigenvalue weighted by Crippen LogP contribution is -2.00. The number of carbonyl (C=O) groups is 1. The quantitative estimate of drug-likeness (QED) is 0.647. The number of hydrogen-bond donors (Lipinski definition) is 0. The average molecular weight is 176 g/mol. The van der Waals surface area contributed by atoms with Crippen LogP contribution in [-0.4, -0.2) is 12.9 Å². The zero-order chi connectivity index (χ0) is 9.26. The molecular weight excluding hydrogens is 164 g/mol. The van der Waals surface area contributed by atoms with E-state index in [1.807, 2.05) is 18.2 Å². The molecule has 0 aromatic heterocycles. The van der Waals surface area contributed by atoms with Crippen LogP contribution in [0.5, 0.6) is 5.75 Å². The van der Waals surface area contributed by atoms with Gasteiger partial charge in [-0.3, -0.25) is 4.79 Å². The lowest BCUT2D eigenvalue weighted by atomic mass is 9.94. The molecule has 68 valence electrons. The lowest BCUT2D eigenvalue weighted by molar-refractivity contribution is 0.112. The van der Waals surface area contributed by atoms with Crippen molar-refractivity contribution in [3.8, 4) is 5.75 Å². The van der Waals surface area contributed by atoms with Crippen LogP contribution in [0.4, 0.5) is 0 Å². The van der Waals surface area contributed by atoms with E-state index in [9.17, 15) is 4.79 Å². The first-order valence-corrected chi connectivity index (χ1v) is 4.57. The maximum Gasteiger partial charge on any atom is 0.150 e. The number of rotatable bonds is 2. The highest BCUT2D eigenvalue weighted by Gasteiger charge is 2.24. The molecule has 0 N–H and O–H groups in total. The zero-order valence-electron chi connectivity index (χ0n) is 7.62. The molecule has 1 aliphatic rings. The van der Waals surface area contributed by atoms with Gasteiger partial charge in [-0.25, -0.2) is 0 Å². The number of hydrogen-bond acceptors (Lipinski definition) is 2. The van der Waals surface area contributed by atoms with Gasteiger partial charge in [0.15, 0.2) is 0 Å². The third-order valence-electron chi connectivity index (χ3n) is 2.57. The Morgan fingerprint density at radius 2 is 2.46 bits per heavy atom. The van der Waals surface area contributed by atoms with E-state index in [1.165, 1.54) is 0 Å². The van der Waals surface area contributed by atoms with Crippen molar-refractivity contribution in [1.29, 1.82) is 0 Å². The van der Waals surface area contributed by atoms with Crippen LogP contribution in [0.1, 0.15) is 35.2 Å². The van der Waals surface area contributed by atoms with Gasteiger partial charge in [0.05, 0.1) is 6.61 Å². The summed E-state index contributed by atoms with van der Waals surface area (Å²) in [6.45, 7) is 2.83. The molecular formula is C11H12O2.